The quantitative estimate of drug-likeness (QED) is 0.870. The largest absolute Gasteiger partial charge is 0.322 e. The number of amides is 2. The van der Waals surface area contributed by atoms with Crippen LogP contribution >= 0.6 is 0 Å². The van der Waals surface area contributed by atoms with E-state index in [4.69, 9.17) is 0 Å². The summed E-state index contributed by atoms with van der Waals surface area (Å²) in [6.45, 7) is 3.24. The first-order valence-corrected chi connectivity index (χ1v) is 7.83. The molecule has 0 saturated carbocycles. The van der Waals surface area contributed by atoms with Crippen molar-refractivity contribution in [3.8, 4) is 0 Å². The molecule has 5 nitrogen and oxygen atoms in total. The Morgan fingerprint density at radius 3 is 2.77 bits per heavy atom. The number of urea groups is 1. The lowest BCUT2D eigenvalue weighted by molar-refractivity contribution is 0.0957. The third-order valence-corrected chi connectivity index (χ3v) is 3.96. The fourth-order valence-electron chi connectivity index (χ4n) is 2.74. The van der Waals surface area contributed by atoms with Gasteiger partial charge in [-0.25, -0.2) is 4.79 Å². The van der Waals surface area contributed by atoms with Crippen LogP contribution in [-0.4, -0.2) is 54.8 Å². The molecular weight excluding hydrogens is 278 g/mol. The van der Waals surface area contributed by atoms with Crippen molar-refractivity contribution in [2.75, 3.05) is 32.5 Å². The van der Waals surface area contributed by atoms with E-state index in [9.17, 15) is 9.59 Å². The number of carbonyl (C=O) groups is 2. The number of anilines is 1. The second kappa shape index (κ2) is 7.40. The molecule has 5 heteroatoms. The number of hydrogen-bond donors (Lipinski definition) is 1. The Bertz CT molecular complexity index is 542. The van der Waals surface area contributed by atoms with Crippen molar-refractivity contribution in [1.82, 2.24) is 9.80 Å². The van der Waals surface area contributed by atoms with E-state index in [-0.39, 0.29) is 17.9 Å². The predicted octanol–water partition coefficient (Wildman–Crippen LogP) is 2.84. The molecule has 0 aliphatic carbocycles. The standard InChI is InChI=1S/C17H25N3O2/c1-13-7-4-5-10-20(13)17(22)18-15-9-6-8-14(11-15)16(21)12-19(2)3/h6,8-9,11,13H,4-5,7,10,12H2,1-3H3,(H,18,22). The van der Waals surface area contributed by atoms with Crippen molar-refractivity contribution in [3.63, 3.8) is 0 Å². The summed E-state index contributed by atoms with van der Waals surface area (Å²) < 4.78 is 0. The summed E-state index contributed by atoms with van der Waals surface area (Å²) in [6.07, 6.45) is 3.29. The maximum atomic E-state index is 12.4. The van der Waals surface area contributed by atoms with E-state index >= 15 is 0 Å². The van der Waals surface area contributed by atoms with E-state index in [0.717, 1.165) is 19.4 Å². The fourth-order valence-corrected chi connectivity index (χ4v) is 2.74. The first-order valence-electron chi connectivity index (χ1n) is 7.83. The highest BCUT2D eigenvalue weighted by Crippen LogP contribution is 2.18. The van der Waals surface area contributed by atoms with Crippen LogP contribution in [0.1, 0.15) is 36.5 Å². The Hall–Kier alpha value is -1.88. The molecule has 2 rings (SSSR count). The van der Waals surface area contributed by atoms with Crippen molar-refractivity contribution >= 4 is 17.5 Å². The highest BCUT2D eigenvalue weighted by molar-refractivity contribution is 5.99. The number of rotatable bonds is 4. The summed E-state index contributed by atoms with van der Waals surface area (Å²) in [6, 6.07) is 7.34. The zero-order valence-electron chi connectivity index (χ0n) is 13.6. The van der Waals surface area contributed by atoms with Gasteiger partial charge in [0.15, 0.2) is 5.78 Å². The maximum absolute atomic E-state index is 12.4. The number of nitrogens with zero attached hydrogens (tertiary/aromatic N) is 2. The Morgan fingerprint density at radius 2 is 2.09 bits per heavy atom. The van der Waals surface area contributed by atoms with Crippen LogP contribution in [-0.2, 0) is 0 Å². The molecule has 0 bridgehead atoms. The van der Waals surface area contributed by atoms with Gasteiger partial charge in [0.05, 0.1) is 6.54 Å². The molecule has 2 amide bonds. The van der Waals surface area contributed by atoms with Crippen LogP contribution in [0.4, 0.5) is 10.5 Å². The lowest BCUT2D eigenvalue weighted by atomic mass is 10.0. The molecule has 1 aliphatic rings. The molecule has 1 N–H and O–H groups in total. The maximum Gasteiger partial charge on any atom is 0.322 e. The van der Waals surface area contributed by atoms with Gasteiger partial charge in [-0.05, 0) is 52.4 Å². The van der Waals surface area contributed by atoms with E-state index in [1.807, 2.05) is 30.0 Å². The van der Waals surface area contributed by atoms with Crippen molar-refractivity contribution in [2.45, 2.75) is 32.2 Å². The average Bonchev–Trinajstić information content (AvgIpc) is 2.47. The topological polar surface area (TPSA) is 52.7 Å². The van der Waals surface area contributed by atoms with Crippen LogP contribution < -0.4 is 5.32 Å². The minimum absolute atomic E-state index is 0.0486. The fraction of sp³-hybridized carbons (Fsp3) is 0.529. The lowest BCUT2D eigenvalue weighted by Crippen LogP contribution is -2.44. The van der Waals surface area contributed by atoms with Gasteiger partial charge in [-0.15, -0.1) is 0 Å². The highest BCUT2D eigenvalue weighted by atomic mass is 16.2. The zero-order valence-corrected chi connectivity index (χ0v) is 13.6. The number of likely N-dealkylation sites (tertiary alicyclic amines) is 1. The van der Waals surface area contributed by atoms with Crippen molar-refractivity contribution in [2.24, 2.45) is 0 Å². The summed E-state index contributed by atoms with van der Waals surface area (Å²) in [5.41, 5.74) is 1.30. The summed E-state index contributed by atoms with van der Waals surface area (Å²) in [5, 5.41) is 2.91. The van der Waals surface area contributed by atoms with E-state index in [1.54, 1.807) is 18.2 Å². The first kappa shape index (κ1) is 16.5. The van der Waals surface area contributed by atoms with Gasteiger partial charge < -0.3 is 15.1 Å². The van der Waals surface area contributed by atoms with E-state index < -0.39 is 0 Å². The number of nitrogens with one attached hydrogen (secondary N) is 1. The van der Waals surface area contributed by atoms with Crippen LogP contribution in [0.3, 0.4) is 0 Å². The SMILES string of the molecule is CC1CCCCN1C(=O)Nc1cccc(C(=O)CN(C)C)c1. The van der Waals surface area contributed by atoms with E-state index in [0.29, 0.717) is 17.8 Å². The van der Waals surface area contributed by atoms with Gasteiger partial charge in [-0.1, -0.05) is 12.1 Å². The van der Waals surface area contributed by atoms with E-state index in [2.05, 4.69) is 12.2 Å². The normalized spacial score (nSPS) is 18.4. The number of carbonyl (C=O) groups excluding carboxylic acids is 2. The predicted molar refractivity (Wildman–Crippen MR) is 88.4 cm³/mol. The summed E-state index contributed by atoms with van der Waals surface area (Å²) in [5.74, 6) is 0.0486. The van der Waals surface area contributed by atoms with E-state index in [1.165, 1.54) is 6.42 Å². The smallest absolute Gasteiger partial charge is 0.322 e. The minimum Gasteiger partial charge on any atom is -0.322 e. The van der Waals surface area contributed by atoms with Gasteiger partial charge in [0.2, 0.25) is 0 Å². The molecule has 1 heterocycles. The second-order valence-corrected chi connectivity index (χ2v) is 6.21. The zero-order chi connectivity index (χ0) is 16.1. The number of ketones is 1. The Morgan fingerprint density at radius 1 is 1.32 bits per heavy atom. The molecule has 0 aromatic heterocycles. The summed E-state index contributed by atoms with van der Waals surface area (Å²) in [4.78, 5) is 28.1. The summed E-state index contributed by atoms with van der Waals surface area (Å²) in [7, 11) is 3.72. The molecule has 22 heavy (non-hydrogen) atoms. The second-order valence-electron chi connectivity index (χ2n) is 6.21. The molecule has 1 aromatic carbocycles. The first-order chi connectivity index (χ1) is 10.5. The molecule has 1 atom stereocenters. The van der Waals surface area contributed by atoms with Crippen molar-refractivity contribution in [1.29, 1.82) is 0 Å². The minimum atomic E-state index is -0.0793. The molecule has 1 unspecified atom stereocenters. The number of likely N-dealkylation sites (N-methyl/N-ethyl adjacent to an activating group) is 1. The Balaban J connectivity index is 2.03. The van der Waals surface area contributed by atoms with Crippen LogP contribution in [0.15, 0.2) is 24.3 Å². The molecule has 1 aromatic rings. The van der Waals surface area contributed by atoms with Crippen molar-refractivity contribution in [3.05, 3.63) is 29.8 Å². The number of piperidine rings is 1. The van der Waals surface area contributed by atoms with Gasteiger partial charge >= 0.3 is 6.03 Å². The number of Topliss-reactive ketones (excluding diaryl/α,β-unsaturated/α-hetero) is 1. The van der Waals surface area contributed by atoms with Crippen LogP contribution in [0.2, 0.25) is 0 Å². The number of hydrogen-bond acceptors (Lipinski definition) is 3. The molecule has 0 radical (unpaired) electrons. The summed E-state index contributed by atoms with van der Waals surface area (Å²) >= 11 is 0. The molecule has 0 spiro atoms. The third kappa shape index (κ3) is 4.31. The van der Waals surface area contributed by atoms with Gasteiger partial charge in [-0.2, -0.15) is 0 Å². The molecule has 1 fully saturated rings. The molecule has 1 saturated heterocycles. The molecular formula is C17H25N3O2. The van der Waals surface area contributed by atoms with Gasteiger partial charge in [0, 0.05) is 23.8 Å². The Kier molecular flexibility index (Phi) is 5.55. The monoisotopic (exact) mass is 303 g/mol. The van der Waals surface area contributed by atoms with Gasteiger partial charge in [0.1, 0.15) is 0 Å². The van der Waals surface area contributed by atoms with Crippen LogP contribution in [0, 0.1) is 0 Å². The van der Waals surface area contributed by atoms with Gasteiger partial charge in [-0.3, -0.25) is 4.79 Å². The van der Waals surface area contributed by atoms with Crippen LogP contribution in [0.5, 0.6) is 0 Å². The third-order valence-electron chi connectivity index (χ3n) is 3.96. The van der Waals surface area contributed by atoms with Crippen molar-refractivity contribution < 1.29 is 9.59 Å². The number of benzene rings is 1. The van der Waals surface area contributed by atoms with Crippen LogP contribution in [0.25, 0.3) is 0 Å². The molecule has 120 valence electrons. The van der Waals surface area contributed by atoms with Gasteiger partial charge in [0.25, 0.3) is 0 Å². The lowest BCUT2D eigenvalue weighted by Gasteiger charge is -2.33. The average molecular weight is 303 g/mol. The highest BCUT2D eigenvalue weighted by Gasteiger charge is 2.23. The molecule has 1 aliphatic heterocycles. The Labute approximate surface area is 132 Å².